The summed E-state index contributed by atoms with van der Waals surface area (Å²) < 4.78 is 37.9. The quantitative estimate of drug-likeness (QED) is 0.527. The molecule has 12 heteroatoms. The Balaban J connectivity index is 1.86. The number of nitrogens with zero attached hydrogens (tertiary/aromatic N) is 2. The van der Waals surface area contributed by atoms with Crippen LogP contribution in [0.4, 0.5) is 11.5 Å². The van der Waals surface area contributed by atoms with E-state index in [0.717, 1.165) is 0 Å². The molecule has 0 amide bonds. The lowest BCUT2D eigenvalue weighted by molar-refractivity contribution is -0.148. The van der Waals surface area contributed by atoms with Crippen LogP contribution in [0, 0.1) is 5.92 Å². The number of aromatic carboxylic acids is 1. The topological polar surface area (TPSA) is 135 Å². The molecule has 1 aromatic carbocycles. The smallest absolute Gasteiger partial charge is 0.339 e. The van der Waals surface area contributed by atoms with Gasteiger partial charge in [-0.05, 0) is 44.0 Å². The Kier molecular flexibility index (Phi) is 7.65. The second kappa shape index (κ2) is 10.3. The number of benzene rings is 1. The predicted octanol–water partition coefficient (Wildman–Crippen LogP) is 3.02. The van der Waals surface area contributed by atoms with Crippen LogP contribution >= 0.6 is 11.6 Å². The van der Waals surface area contributed by atoms with Crippen molar-refractivity contribution < 1.29 is 32.6 Å². The van der Waals surface area contributed by atoms with Gasteiger partial charge in [-0.1, -0.05) is 11.6 Å². The number of piperidine rings is 1. The lowest BCUT2D eigenvalue weighted by Crippen LogP contribution is -2.40. The van der Waals surface area contributed by atoms with E-state index >= 15 is 0 Å². The Labute approximate surface area is 196 Å². The lowest BCUT2D eigenvalue weighted by atomic mass is 9.98. The van der Waals surface area contributed by atoms with Gasteiger partial charge in [0.2, 0.25) is 0 Å². The van der Waals surface area contributed by atoms with Crippen molar-refractivity contribution in [3.8, 4) is 5.75 Å². The molecule has 0 radical (unpaired) electrons. The number of halogens is 1. The van der Waals surface area contributed by atoms with Crippen LogP contribution in [-0.2, 0) is 19.6 Å². The molecule has 178 valence electrons. The molecule has 1 fully saturated rings. The van der Waals surface area contributed by atoms with Crippen LogP contribution in [0.15, 0.2) is 35.4 Å². The molecule has 3 rings (SSSR count). The van der Waals surface area contributed by atoms with Crippen LogP contribution in [0.2, 0.25) is 5.02 Å². The van der Waals surface area contributed by atoms with Crippen LogP contribution in [0.1, 0.15) is 30.1 Å². The van der Waals surface area contributed by atoms with Gasteiger partial charge in [-0.2, -0.15) is 0 Å². The molecule has 0 aliphatic carbocycles. The van der Waals surface area contributed by atoms with E-state index in [2.05, 4.69) is 9.71 Å². The maximum atomic E-state index is 12.8. The van der Waals surface area contributed by atoms with Gasteiger partial charge >= 0.3 is 11.9 Å². The lowest BCUT2D eigenvalue weighted by Gasteiger charge is -2.33. The van der Waals surface area contributed by atoms with Crippen molar-refractivity contribution in [1.82, 2.24) is 4.98 Å². The standard InChI is InChI=1S/C21H24ClN3O7S/c1-3-32-21(28)13-5-4-8-25(12-13)19-16(20(26)27)9-14(11-23-19)24-33(29,30)15-6-7-18(31-2)17(22)10-15/h6-7,9-11,13,24H,3-5,8,12H2,1-2H3,(H,26,27). The Morgan fingerprint density at radius 1 is 1.33 bits per heavy atom. The van der Waals surface area contributed by atoms with Gasteiger partial charge in [-0.3, -0.25) is 9.52 Å². The molecule has 2 aromatic rings. The largest absolute Gasteiger partial charge is 0.495 e. The average molecular weight is 498 g/mol. The highest BCUT2D eigenvalue weighted by Crippen LogP contribution is 2.30. The summed E-state index contributed by atoms with van der Waals surface area (Å²) in [4.78, 5) is 29.8. The van der Waals surface area contributed by atoms with E-state index in [9.17, 15) is 23.1 Å². The number of ether oxygens (including phenoxy) is 2. The Bertz CT molecular complexity index is 1160. The molecule has 0 spiro atoms. The fourth-order valence-electron chi connectivity index (χ4n) is 3.57. The van der Waals surface area contributed by atoms with Crippen LogP contribution in [-0.4, -0.2) is 57.3 Å². The van der Waals surface area contributed by atoms with Gasteiger partial charge in [0.25, 0.3) is 10.0 Å². The maximum absolute atomic E-state index is 12.8. The molecule has 1 unspecified atom stereocenters. The molecular formula is C21H24ClN3O7S. The van der Waals surface area contributed by atoms with E-state index in [0.29, 0.717) is 25.1 Å². The average Bonchev–Trinajstić information content (AvgIpc) is 2.79. The van der Waals surface area contributed by atoms with Crippen LogP contribution in [0.25, 0.3) is 0 Å². The number of rotatable bonds is 8. The molecule has 10 nitrogen and oxygen atoms in total. The number of carboxylic acids is 1. The van der Waals surface area contributed by atoms with Crippen molar-refractivity contribution >= 4 is 45.1 Å². The number of nitrogens with one attached hydrogen (secondary N) is 1. The Hall–Kier alpha value is -3.05. The number of hydrogen-bond donors (Lipinski definition) is 2. The maximum Gasteiger partial charge on any atom is 0.339 e. The van der Waals surface area contributed by atoms with Crippen molar-refractivity contribution in [3.63, 3.8) is 0 Å². The fourth-order valence-corrected chi connectivity index (χ4v) is 4.96. The fraction of sp³-hybridized carbons (Fsp3) is 0.381. The first-order valence-electron chi connectivity index (χ1n) is 10.2. The van der Waals surface area contributed by atoms with E-state index in [-0.39, 0.29) is 52.0 Å². The molecule has 1 saturated heterocycles. The highest BCUT2D eigenvalue weighted by Gasteiger charge is 2.30. The summed E-state index contributed by atoms with van der Waals surface area (Å²) >= 11 is 6.02. The van der Waals surface area contributed by atoms with Crippen LogP contribution < -0.4 is 14.4 Å². The molecule has 1 aliphatic heterocycles. The normalized spacial score (nSPS) is 16.2. The minimum Gasteiger partial charge on any atom is -0.495 e. The SMILES string of the molecule is CCOC(=O)C1CCCN(c2ncc(NS(=O)(=O)c3ccc(OC)c(Cl)c3)cc2C(=O)O)C1. The van der Waals surface area contributed by atoms with Gasteiger partial charge in [0.05, 0.1) is 41.4 Å². The molecular weight excluding hydrogens is 474 g/mol. The second-order valence-electron chi connectivity index (χ2n) is 7.34. The highest BCUT2D eigenvalue weighted by molar-refractivity contribution is 7.92. The number of methoxy groups -OCH3 is 1. The number of pyridine rings is 1. The molecule has 33 heavy (non-hydrogen) atoms. The zero-order valence-electron chi connectivity index (χ0n) is 18.1. The number of carboxylic acid groups (broad SMARTS) is 1. The third-order valence-electron chi connectivity index (χ3n) is 5.12. The van der Waals surface area contributed by atoms with Crippen molar-refractivity contribution in [2.75, 3.05) is 36.4 Å². The molecule has 0 bridgehead atoms. The van der Waals surface area contributed by atoms with Gasteiger partial charge in [0, 0.05) is 13.1 Å². The second-order valence-corrected chi connectivity index (χ2v) is 9.43. The van der Waals surface area contributed by atoms with Crippen LogP contribution in [0.5, 0.6) is 5.75 Å². The molecule has 2 heterocycles. The van der Waals surface area contributed by atoms with Crippen molar-refractivity contribution in [2.24, 2.45) is 5.92 Å². The van der Waals surface area contributed by atoms with Gasteiger partial charge in [0.15, 0.2) is 0 Å². The van der Waals surface area contributed by atoms with E-state index in [1.54, 1.807) is 11.8 Å². The van der Waals surface area contributed by atoms with Crippen molar-refractivity contribution in [3.05, 3.63) is 41.0 Å². The van der Waals surface area contributed by atoms with Crippen molar-refractivity contribution in [1.29, 1.82) is 0 Å². The zero-order chi connectivity index (χ0) is 24.2. The first-order valence-corrected chi connectivity index (χ1v) is 12.0. The summed E-state index contributed by atoms with van der Waals surface area (Å²) in [5.41, 5.74) is -0.213. The third-order valence-corrected chi connectivity index (χ3v) is 6.80. The van der Waals surface area contributed by atoms with E-state index in [1.807, 2.05) is 0 Å². The van der Waals surface area contributed by atoms with E-state index in [4.69, 9.17) is 21.1 Å². The summed E-state index contributed by atoms with van der Waals surface area (Å²) in [6.07, 6.45) is 2.54. The minimum absolute atomic E-state index is 0.0259. The van der Waals surface area contributed by atoms with Gasteiger partial charge in [-0.25, -0.2) is 18.2 Å². The number of carbonyl (C=O) groups excluding carboxylic acids is 1. The molecule has 2 N–H and O–H groups in total. The number of hydrogen-bond acceptors (Lipinski definition) is 8. The first kappa shape index (κ1) is 24.6. The van der Waals surface area contributed by atoms with Gasteiger partial charge in [0.1, 0.15) is 17.1 Å². The summed E-state index contributed by atoms with van der Waals surface area (Å²) in [7, 11) is -2.66. The van der Waals surface area contributed by atoms with E-state index < -0.39 is 16.0 Å². The number of esters is 1. The van der Waals surface area contributed by atoms with Crippen LogP contribution in [0.3, 0.4) is 0 Å². The zero-order valence-corrected chi connectivity index (χ0v) is 19.6. The summed E-state index contributed by atoms with van der Waals surface area (Å²) in [5.74, 6) is -1.52. The Morgan fingerprint density at radius 3 is 2.73 bits per heavy atom. The van der Waals surface area contributed by atoms with E-state index in [1.165, 1.54) is 37.6 Å². The number of aromatic nitrogens is 1. The van der Waals surface area contributed by atoms with Crippen molar-refractivity contribution in [2.45, 2.75) is 24.7 Å². The number of carbonyl (C=O) groups is 2. The monoisotopic (exact) mass is 497 g/mol. The molecule has 1 aromatic heterocycles. The minimum atomic E-state index is -4.07. The summed E-state index contributed by atoms with van der Waals surface area (Å²) in [6.45, 7) is 2.77. The number of anilines is 2. The van der Waals surface area contributed by atoms with Gasteiger partial charge in [-0.15, -0.1) is 0 Å². The molecule has 1 atom stereocenters. The Morgan fingerprint density at radius 2 is 2.09 bits per heavy atom. The first-order chi connectivity index (χ1) is 15.7. The highest BCUT2D eigenvalue weighted by atomic mass is 35.5. The third kappa shape index (κ3) is 5.66. The molecule has 1 aliphatic rings. The molecule has 0 saturated carbocycles. The predicted molar refractivity (Wildman–Crippen MR) is 122 cm³/mol. The summed E-state index contributed by atoms with van der Waals surface area (Å²) in [6, 6.07) is 5.15. The number of sulfonamides is 1. The summed E-state index contributed by atoms with van der Waals surface area (Å²) in [5, 5.41) is 9.83. The van der Waals surface area contributed by atoms with Gasteiger partial charge < -0.3 is 19.5 Å².